The molecule has 6 heteroatoms. The second-order valence-corrected chi connectivity index (χ2v) is 6.17. The fourth-order valence-electron chi connectivity index (χ4n) is 2.82. The van der Waals surface area contributed by atoms with Gasteiger partial charge in [-0.15, -0.1) is 0 Å². The summed E-state index contributed by atoms with van der Waals surface area (Å²) in [5.74, 6) is -1.46. The molecule has 3 unspecified atom stereocenters. The van der Waals surface area contributed by atoms with Crippen molar-refractivity contribution in [3.63, 3.8) is 0 Å². The van der Waals surface area contributed by atoms with E-state index in [9.17, 15) is 18.0 Å². The van der Waals surface area contributed by atoms with E-state index in [2.05, 4.69) is 5.32 Å². The minimum absolute atomic E-state index is 0.00574. The Kier molecular flexibility index (Phi) is 6.30. The zero-order valence-corrected chi connectivity index (χ0v) is 12.2. The second-order valence-electron chi connectivity index (χ2n) is 6.17. The largest absolute Gasteiger partial charge is 0.391 e. The minimum Gasteiger partial charge on any atom is -0.353 e. The first-order chi connectivity index (χ1) is 9.24. The van der Waals surface area contributed by atoms with Crippen LogP contribution in [-0.4, -0.2) is 24.7 Å². The highest BCUT2D eigenvalue weighted by molar-refractivity contribution is 5.79. The molecule has 0 aliphatic heterocycles. The monoisotopic (exact) mass is 294 g/mol. The average molecular weight is 294 g/mol. The smallest absolute Gasteiger partial charge is 0.353 e. The Morgan fingerprint density at radius 1 is 1.35 bits per heavy atom. The summed E-state index contributed by atoms with van der Waals surface area (Å²) in [6.07, 6.45) is -2.20. The van der Waals surface area contributed by atoms with Crippen molar-refractivity contribution in [1.82, 2.24) is 5.32 Å². The number of rotatable bonds is 5. The molecule has 0 aromatic heterocycles. The highest BCUT2D eigenvalue weighted by Crippen LogP contribution is 2.37. The first-order valence-corrected chi connectivity index (χ1v) is 7.31. The fourth-order valence-corrected chi connectivity index (χ4v) is 2.82. The van der Waals surface area contributed by atoms with Gasteiger partial charge in [0, 0.05) is 12.6 Å². The van der Waals surface area contributed by atoms with E-state index in [4.69, 9.17) is 5.73 Å². The van der Waals surface area contributed by atoms with Gasteiger partial charge >= 0.3 is 6.18 Å². The number of carbonyl (C=O) groups is 1. The van der Waals surface area contributed by atoms with Gasteiger partial charge in [0.1, 0.15) is 0 Å². The highest BCUT2D eigenvalue weighted by Gasteiger charge is 2.42. The predicted octanol–water partition coefficient (Wildman–Crippen LogP) is 2.84. The van der Waals surface area contributed by atoms with Gasteiger partial charge in [0.05, 0.1) is 11.8 Å². The predicted molar refractivity (Wildman–Crippen MR) is 71.9 cm³/mol. The van der Waals surface area contributed by atoms with Crippen molar-refractivity contribution >= 4 is 5.91 Å². The van der Waals surface area contributed by atoms with E-state index >= 15 is 0 Å². The molecule has 3 atom stereocenters. The van der Waals surface area contributed by atoms with Crippen LogP contribution in [0.2, 0.25) is 0 Å². The summed E-state index contributed by atoms with van der Waals surface area (Å²) in [4.78, 5) is 12.1. The van der Waals surface area contributed by atoms with Crippen LogP contribution in [0.15, 0.2) is 0 Å². The third-order valence-electron chi connectivity index (χ3n) is 3.89. The second kappa shape index (κ2) is 7.29. The Morgan fingerprint density at radius 3 is 2.50 bits per heavy atom. The van der Waals surface area contributed by atoms with Crippen LogP contribution in [0.3, 0.4) is 0 Å². The fraction of sp³-hybridized carbons (Fsp3) is 0.929. The molecule has 0 heterocycles. The van der Waals surface area contributed by atoms with Crippen molar-refractivity contribution in [3.8, 4) is 0 Å². The number of nitrogens with one attached hydrogen (secondary N) is 1. The molecule has 0 spiro atoms. The Labute approximate surface area is 118 Å². The summed E-state index contributed by atoms with van der Waals surface area (Å²) in [7, 11) is 0. The number of amides is 1. The molecule has 1 aliphatic carbocycles. The molecule has 0 aromatic carbocycles. The average Bonchev–Trinajstić information content (AvgIpc) is 2.34. The number of nitrogens with two attached hydrogens (primary N) is 1. The van der Waals surface area contributed by atoms with Gasteiger partial charge in [0.2, 0.25) is 5.91 Å². The molecule has 0 aromatic rings. The Bertz CT molecular complexity index is 318. The van der Waals surface area contributed by atoms with E-state index in [0.29, 0.717) is 25.2 Å². The van der Waals surface area contributed by atoms with Crippen LogP contribution in [0.1, 0.15) is 46.0 Å². The van der Waals surface area contributed by atoms with Gasteiger partial charge in [-0.2, -0.15) is 13.2 Å². The number of halogens is 3. The molecule has 3 nitrogen and oxygen atoms in total. The number of hydrogen-bond donors (Lipinski definition) is 2. The van der Waals surface area contributed by atoms with Crippen LogP contribution >= 0.6 is 0 Å². The maximum atomic E-state index is 12.7. The van der Waals surface area contributed by atoms with Crippen LogP contribution in [0.25, 0.3) is 0 Å². The van der Waals surface area contributed by atoms with Crippen molar-refractivity contribution in [2.24, 2.45) is 23.5 Å². The van der Waals surface area contributed by atoms with Gasteiger partial charge < -0.3 is 11.1 Å². The standard InChI is InChI=1S/C14H25F3N2O/c1-9(2)6-10(8-18)13(20)19-12-5-3-4-11(7-12)14(15,16)17/h9-12H,3-8,18H2,1-2H3,(H,19,20). The molecule has 0 saturated heterocycles. The third kappa shape index (κ3) is 5.31. The molecule has 1 fully saturated rings. The zero-order valence-electron chi connectivity index (χ0n) is 12.2. The summed E-state index contributed by atoms with van der Waals surface area (Å²) < 4.78 is 38.1. The lowest BCUT2D eigenvalue weighted by molar-refractivity contribution is -0.184. The van der Waals surface area contributed by atoms with Gasteiger partial charge in [0.15, 0.2) is 0 Å². The van der Waals surface area contributed by atoms with Crippen LogP contribution in [0.5, 0.6) is 0 Å². The lowest BCUT2D eigenvalue weighted by atomic mass is 9.85. The van der Waals surface area contributed by atoms with E-state index in [1.807, 2.05) is 13.8 Å². The van der Waals surface area contributed by atoms with E-state index in [1.54, 1.807) is 0 Å². The van der Waals surface area contributed by atoms with Gasteiger partial charge in [-0.1, -0.05) is 20.3 Å². The maximum absolute atomic E-state index is 12.7. The van der Waals surface area contributed by atoms with Crippen LogP contribution in [0.4, 0.5) is 13.2 Å². The van der Waals surface area contributed by atoms with E-state index in [1.165, 1.54) is 0 Å². The van der Waals surface area contributed by atoms with Crippen molar-refractivity contribution in [1.29, 1.82) is 0 Å². The molecule has 1 aliphatic rings. The first-order valence-electron chi connectivity index (χ1n) is 7.31. The van der Waals surface area contributed by atoms with Crippen molar-refractivity contribution in [2.75, 3.05) is 6.54 Å². The van der Waals surface area contributed by atoms with Crippen LogP contribution < -0.4 is 11.1 Å². The van der Waals surface area contributed by atoms with Gasteiger partial charge in [0.25, 0.3) is 0 Å². The SMILES string of the molecule is CC(C)CC(CN)C(=O)NC1CCCC(C(F)(F)F)C1. The number of hydrogen-bond acceptors (Lipinski definition) is 2. The van der Waals surface area contributed by atoms with Gasteiger partial charge in [-0.25, -0.2) is 0 Å². The van der Waals surface area contributed by atoms with Crippen molar-refractivity contribution in [2.45, 2.75) is 58.2 Å². The lowest BCUT2D eigenvalue weighted by Crippen LogP contribution is -2.45. The number of alkyl halides is 3. The Morgan fingerprint density at radius 2 is 2.00 bits per heavy atom. The third-order valence-corrected chi connectivity index (χ3v) is 3.89. The van der Waals surface area contributed by atoms with Crippen molar-refractivity contribution in [3.05, 3.63) is 0 Å². The van der Waals surface area contributed by atoms with E-state index < -0.39 is 12.1 Å². The minimum atomic E-state index is -4.16. The number of carbonyl (C=O) groups excluding carboxylic acids is 1. The molecule has 1 amide bonds. The lowest BCUT2D eigenvalue weighted by Gasteiger charge is -2.32. The van der Waals surface area contributed by atoms with E-state index in [0.717, 1.165) is 0 Å². The summed E-state index contributed by atoms with van der Waals surface area (Å²) >= 11 is 0. The zero-order chi connectivity index (χ0) is 15.3. The summed E-state index contributed by atoms with van der Waals surface area (Å²) in [5, 5.41) is 2.76. The topological polar surface area (TPSA) is 55.1 Å². The molecule has 3 N–H and O–H groups in total. The normalized spacial score (nSPS) is 25.6. The molecule has 0 bridgehead atoms. The van der Waals surface area contributed by atoms with Crippen LogP contribution in [-0.2, 0) is 4.79 Å². The summed E-state index contributed by atoms with van der Waals surface area (Å²) in [5.41, 5.74) is 5.58. The van der Waals surface area contributed by atoms with Crippen LogP contribution in [0, 0.1) is 17.8 Å². The summed E-state index contributed by atoms with van der Waals surface area (Å²) in [6.45, 7) is 4.23. The molecular formula is C14H25F3N2O. The van der Waals surface area contributed by atoms with Crippen molar-refractivity contribution < 1.29 is 18.0 Å². The van der Waals surface area contributed by atoms with E-state index in [-0.39, 0.29) is 37.3 Å². The molecular weight excluding hydrogens is 269 g/mol. The molecule has 1 saturated carbocycles. The molecule has 118 valence electrons. The van der Waals surface area contributed by atoms with Gasteiger partial charge in [-0.3, -0.25) is 4.79 Å². The molecule has 0 radical (unpaired) electrons. The highest BCUT2D eigenvalue weighted by atomic mass is 19.4. The molecule has 20 heavy (non-hydrogen) atoms. The Hall–Kier alpha value is -0.780. The molecule has 1 rings (SSSR count). The first kappa shape index (κ1) is 17.3. The quantitative estimate of drug-likeness (QED) is 0.819. The maximum Gasteiger partial charge on any atom is 0.391 e. The Balaban J connectivity index is 2.52. The van der Waals surface area contributed by atoms with Gasteiger partial charge in [-0.05, 0) is 31.6 Å². The summed E-state index contributed by atoms with van der Waals surface area (Å²) in [6, 6.07) is -0.371.